The number of carbonyl (C=O) groups excluding carboxylic acids is 3. The average molecular weight is 410 g/mol. The lowest BCUT2D eigenvalue weighted by Crippen LogP contribution is -2.27. The summed E-state index contributed by atoms with van der Waals surface area (Å²) in [5, 5.41) is 3.07. The molecule has 1 amide bonds. The van der Waals surface area contributed by atoms with Gasteiger partial charge in [0.15, 0.2) is 0 Å². The molecule has 0 bridgehead atoms. The first-order valence-electron chi connectivity index (χ1n) is 9.95. The van der Waals surface area contributed by atoms with Crippen molar-refractivity contribution >= 4 is 34.2 Å². The van der Waals surface area contributed by atoms with E-state index in [9.17, 15) is 14.4 Å². The van der Waals surface area contributed by atoms with Crippen molar-refractivity contribution in [2.24, 2.45) is 0 Å². The van der Waals surface area contributed by atoms with Crippen LogP contribution in [0.1, 0.15) is 77.5 Å². The minimum Gasteiger partial charge on any atom is -0.462 e. The van der Waals surface area contributed by atoms with Crippen LogP contribution in [-0.4, -0.2) is 43.3 Å². The molecule has 1 atom stereocenters. The average Bonchev–Trinajstić information content (AvgIpc) is 3.31. The number of esters is 2. The summed E-state index contributed by atoms with van der Waals surface area (Å²) >= 11 is 1.06. The lowest BCUT2D eigenvalue weighted by Gasteiger charge is -2.21. The summed E-state index contributed by atoms with van der Waals surface area (Å²) < 4.78 is 16.2. The third-order valence-electron chi connectivity index (χ3n) is 5.10. The number of hydrogen-bond donors (Lipinski definition) is 1. The van der Waals surface area contributed by atoms with Crippen molar-refractivity contribution < 1.29 is 28.6 Å². The predicted molar refractivity (Wildman–Crippen MR) is 105 cm³/mol. The van der Waals surface area contributed by atoms with Crippen LogP contribution in [0, 0.1) is 6.92 Å². The van der Waals surface area contributed by atoms with Crippen LogP contribution in [0.2, 0.25) is 0 Å². The van der Waals surface area contributed by atoms with Gasteiger partial charge in [0, 0.05) is 6.61 Å². The van der Waals surface area contributed by atoms with E-state index in [-0.39, 0.29) is 24.2 Å². The van der Waals surface area contributed by atoms with Gasteiger partial charge in [0.05, 0.1) is 12.2 Å². The van der Waals surface area contributed by atoms with Crippen LogP contribution in [0.25, 0.3) is 0 Å². The Hall–Kier alpha value is -1.93. The maximum absolute atomic E-state index is 12.7. The second-order valence-electron chi connectivity index (χ2n) is 7.14. The molecule has 0 spiro atoms. The van der Waals surface area contributed by atoms with E-state index in [1.165, 1.54) is 6.42 Å². The van der Waals surface area contributed by atoms with Crippen LogP contribution in [-0.2, 0) is 19.0 Å². The molecule has 8 heteroatoms. The lowest BCUT2D eigenvalue weighted by atomic mass is 9.98. The van der Waals surface area contributed by atoms with Gasteiger partial charge >= 0.3 is 11.9 Å². The monoisotopic (exact) mass is 409 g/mol. The summed E-state index contributed by atoms with van der Waals surface area (Å²) in [6, 6.07) is 0. The van der Waals surface area contributed by atoms with Crippen molar-refractivity contribution in [1.82, 2.24) is 0 Å². The Morgan fingerprint density at radius 1 is 1.11 bits per heavy atom. The summed E-state index contributed by atoms with van der Waals surface area (Å²) in [5.41, 5.74) is 0.695. The van der Waals surface area contributed by atoms with Crippen LogP contribution in [0.4, 0.5) is 5.00 Å². The molecule has 2 aliphatic rings. The largest absolute Gasteiger partial charge is 0.462 e. The highest BCUT2D eigenvalue weighted by molar-refractivity contribution is 7.18. The van der Waals surface area contributed by atoms with E-state index >= 15 is 0 Å². The second-order valence-corrected chi connectivity index (χ2v) is 8.16. The maximum Gasteiger partial charge on any atom is 0.348 e. The van der Waals surface area contributed by atoms with Crippen molar-refractivity contribution in [2.45, 2.75) is 71.0 Å². The zero-order chi connectivity index (χ0) is 20.1. The van der Waals surface area contributed by atoms with Gasteiger partial charge in [-0.3, -0.25) is 4.79 Å². The molecule has 1 aromatic rings. The molecule has 1 unspecified atom stereocenters. The molecular weight excluding hydrogens is 382 g/mol. The third kappa shape index (κ3) is 4.72. The Morgan fingerprint density at radius 2 is 1.86 bits per heavy atom. The van der Waals surface area contributed by atoms with Gasteiger partial charge in [-0.15, -0.1) is 11.3 Å². The Balaban J connectivity index is 1.82. The van der Waals surface area contributed by atoms with Gasteiger partial charge in [-0.25, -0.2) is 9.59 Å². The number of anilines is 1. The molecule has 2 heterocycles. The highest BCUT2D eigenvalue weighted by atomic mass is 32.1. The standard InChI is InChI=1S/C20H27NO6S/c1-3-25-19(23)15-12(2)16(20(24)27-13-8-5-4-6-9-13)28-18(15)21-17(22)14-10-7-11-26-14/h13-14H,3-11H2,1-2H3,(H,21,22). The van der Waals surface area contributed by atoms with Gasteiger partial charge in [0.1, 0.15) is 22.1 Å². The molecule has 0 aromatic carbocycles. The van der Waals surface area contributed by atoms with Gasteiger partial charge in [-0.05, 0) is 57.9 Å². The van der Waals surface area contributed by atoms with Crippen molar-refractivity contribution in [2.75, 3.05) is 18.5 Å². The molecular formula is C20H27NO6S. The zero-order valence-electron chi connectivity index (χ0n) is 16.4. The Morgan fingerprint density at radius 3 is 2.50 bits per heavy atom. The van der Waals surface area contributed by atoms with E-state index in [4.69, 9.17) is 14.2 Å². The van der Waals surface area contributed by atoms with E-state index in [2.05, 4.69) is 5.32 Å². The van der Waals surface area contributed by atoms with Crippen LogP contribution in [0.3, 0.4) is 0 Å². The van der Waals surface area contributed by atoms with Crippen molar-refractivity contribution in [1.29, 1.82) is 0 Å². The SMILES string of the molecule is CCOC(=O)c1c(NC(=O)C2CCCO2)sc(C(=O)OC2CCCCC2)c1C. The molecule has 1 saturated heterocycles. The fraction of sp³-hybridized carbons (Fsp3) is 0.650. The van der Waals surface area contributed by atoms with Gasteiger partial charge in [-0.2, -0.15) is 0 Å². The van der Waals surface area contributed by atoms with Gasteiger partial charge in [-0.1, -0.05) is 6.42 Å². The summed E-state index contributed by atoms with van der Waals surface area (Å²) in [6.45, 7) is 4.14. The Bertz CT molecular complexity index is 731. The fourth-order valence-corrected chi connectivity index (χ4v) is 4.69. The van der Waals surface area contributed by atoms with Crippen LogP contribution in [0.15, 0.2) is 0 Å². The minimum absolute atomic E-state index is 0.0845. The number of nitrogens with one attached hydrogen (secondary N) is 1. The third-order valence-corrected chi connectivity index (χ3v) is 6.28. The normalized spacial score (nSPS) is 20.0. The zero-order valence-corrected chi connectivity index (χ0v) is 17.2. The van der Waals surface area contributed by atoms with E-state index in [0.717, 1.165) is 43.4 Å². The topological polar surface area (TPSA) is 90.9 Å². The molecule has 7 nitrogen and oxygen atoms in total. The molecule has 1 N–H and O–H groups in total. The molecule has 0 radical (unpaired) electrons. The fourth-order valence-electron chi connectivity index (χ4n) is 3.61. The van der Waals surface area contributed by atoms with E-state index in [1.54, 1.807) is 13.8 Å². The molecule has 1 saturated carbocycles. The minimum atomic E-state index is -0.560. The van der Waals surface area contributed by atoms with Crippen molar-refractivity contribution in [3.8, 4) is 0 Å². The summed E-state index contributed by atoms with van der Waals surface area (Å²) in [5.74, 6) is -1.32. The number of ether oxygens (including phenoxy) is 3. The highest BCUT2D eigenvalue weighted by Gasteiger charge is 2.31. The number of thiophene rings is 1. The van der Waals surface area contributed by atoms with Gasteiger partial charge in [0.25, 0.3) is 5.91 Å². The predicted octanol–water partition coefficient (Wildman–Crippen LogP) is 3.84. The lowest BCUT2D eigenvalue weighted by molar-refractivity contribution is -0.124. The number of amides is 1. The van der Waals surface area contributed by atoms with Crippen molar-refractivity contribution in [3.63, 3.8) is 0 Å². The van der Waals surface area contributed by atoms with Crippen molar-refractivity contribution in [3.05, 3.63) is 16.0 Å². The number of rotatable bonds is 6. The first-order valence-corrected chi connectivity index (χ1v) is 10.8. The quantitative estimate of drug-likeness (QED) is 0.718. The summed E-state index contributed by atoms with van der Waals surface area (Å²) in [4.78, 5) is 38.0. The van der Waals surface area contributed by atoms with Crippen LogP contribution >= 0.6 is 11.3 Å². The van der Waals surface area contributed by atoms with Gasteiger partial charge in [0.2, 0.25) is 0 Å². The molecule has 1 aromatic heterocycles. The number of carbonyl (C=O) groups is 3. The first kappa shape index (κ1) is 20.8. The highest BCUT2D eigenvalue weighted by Crippen LogP contribution is 2.35. The molecule has 1 aliphatic heterocycles. The Kier molecular flexibility index (Phi) is 7.07. The maximum atomic E-state index is 12.7. The first-order chi connectivity index (χ1) is 13.5. The van der Waals surface area contributed by atoms with Crippen LogP contribution in [0.5, 0.6) is 0 Å². The Labute approximate surface area is 168 Å². The molecule has 154 valence electrons. The molecule has 2 fully saturated rings. The van der Waals surface area contributed by atoms with E-state index < -0.39 is 18.0 Å². The molecule has 1 aliphatic carbocycles. The summed E-state index contributed by atoms with van der Waals surface area (Å²) in [6.07, 6.45) is 5.85. The number of hydrogen-bond acceptors (Lipinski definition) is 7. The van der Waals surface area contributed by atoms with Crippen LogP contribution < -0.4 is 5.32 Å². The molecule has 3 rings (SSSR count). The second kappa shape index (κ2) is 9.52. The van der Waals surface area contributed by atoms with Gasteiger partial charge < -0.3 is 19.5 Å². The van der Waals surface area contributed by atoms with E-state index in [0.29, 0.717) is 28.5 Å². The smallest absolute Gasteiger partial charge is 0.348 e. The van der Waals surface area contributed by atoms with E-state index in [1.807, 2.05) is 0 Å². The summed E-state index contributed by atoms with van der Waals surface area (Å²) in [7, 11) is 0. The molecule has 28 heavy (non-hydrogen) atoms.